The van der Waals surface area contributed by atoms with E-state index in [1.54, 1.807) is 16.0 Å². The maximum Gasteiger partial charge on any atom is 0.225 e. The summed E-state index contributed by atoms with van der Waals surface area (Å²) in [6.07, 6.45) is 3.86. The van der Waals surface area contributed by atoms with Gasteiger partial charge in [-0.15, -0.1) is 11.3 Å². The number of hydrogen-bond acceptors (Lipinski definition) is 4. The number of nitrogens with one attached hydrogen (secondary N) is 2. The maximum atomic E-state index is 12.6. The topological polar surface area (TPSA) is 59.0 Å². The van der Waals surface area contributed by atoms with E-state index in [9.17, 15) is 4.79 Å². The van der Waals surface area contributed by atoms with Crippen LogP contribution >= 0.6 is 11.3 Å². The van der Waals surface area contributed by atoms with Gasteiger partial charge in [-0.25, -0.2) is 0 Å². The second kappa shape index (κ2) is 5.99. The van der Waals surface area contributed by atoms with Crippen molar-refractivity contribution in [1.82, 2.24) is 20.4 Å². The lowest BCUT2D eigenvalue weighted by Crippen LogP contribution is -2.35. The average molecular weight is 304 g/mol. The van der Waals surface area contributed by atoms with Gasteiger partial charge < -0.3 is 10.6 Å². The number of thiophene rings is 1. The van der Waals surface area contributed by atoms with E-state index in [0.717, 1.165) is 18.7 Å². The Bertz CT molecular complexity index is 607. The van der Waals surface area contributed by atoms with Crippen molar-refractivity contribution in [3.05, 3.63) is 40.3 Å². The molecular formula is C15H20N4OS. The number of aryl methyl sites for hydroxylation is 1. The Morgan fingerprint density at radius 1 is 1.57 bits per heavy atom. The molecule has 5 nitrogen and oxygen atoms in total. The number of carbonyl (C=O) groups is 1. The molecule has 1 aliphatic rings. The number of aromatic nitrogens is 2. The summed E-state index contributed by atoms with van der Waals surface area (Å²) < 4.78 is 1.79. The molecule has 1 saturated heterocycles. The summed E-state index contributed by atoms with van der Waals surface area (Å²) in [6.45, 7) is 3.59. The van der Waals surface area contributed by atoms with Crippen LogP contribution in [0, 0.1) is 5.92 Å². The fourth-order valence-corrected chi connectivity index (χ4v) is 3.60. The maximum absolute atomic E-state index is 12.6. The Labute approximate surface area is 128 Å². The van der Waals surface area contributed by atoms with Crippen LogP contribution in [0.5, 0.6) is 0 Å². The van der Waals surface area contributed by atoms with Gasteiger partial charge in [0.2, 0.25) is 5.91 Å². The number of hydrogen-bond donors (Lipinski definition) is 2. The first-order valence-corrected chi connectivity index (χ1v) is 8.06. The van der Waals surface area contributed by atoms with Crippen LogP contribution in [-0.4, -0.2) is 28.8 Å². The van der Waals surface area contributed by atoms with Crippen molar-refractivity contribution in [3.63, 3.8) is 0 Å². The van der Waals surface area contributed by atoms with Crippen molar-refractivity contribution < 1.29 is 4.79 Å². The molecule has 0 radical (unpaired) electrons. The molecule has 3 rings (SSSR count). The quantitative estimate of drug-likeness (QED) is 0.903. The standard InChI is InChI=1S/C15H20N4OS/c1-10(14-4-3-5-21-14)18-15(20)13-8-16-7-12(13)11-6-17-19(2)9-11/h3-6,9-10,12-13,16H,7-8H2,1-2H3,(H,18,20)/t10?,12-,13+/m1/s1. The van der Waals surface area contributed by atoms with Crippen molar-refractivity contribution in [2.24, 2.45) is 13.0 Å². The lowest BCUT2D eigenvalue weighted by molar-refractivity contribution is -0.125. The Hall–Kier alpha value is -1.66. The molecule has 0 spiro atoms. The van der Waals surface area contributed by atoms with Gasteiger partial charge in [0, 0.05) is 37.1 Å². The first-order valence-electron chi connectivity index (χ1n) is 7.18. The second-order valence-corrected chi connectivity index (χ2v) is 6.54. The Morgan fingerprint density at radius 2 is 2.43 bits per heavy atom. The monoisotopic (exact) mass is 304 g/mol. The van der Waals surface area contributed by atoms with E-state index in [-0.39, 0.29) is 23.8 Å². The molecule has 0 saturated carbocycles. The predicted molar refractivity (Wildman–Crippen MR) is 83.2 cm³/mol. The van der Waals surface area contributed by atoms with E-state index >= 15 is 0 Å². The van der Waals surface area contributed by atoms with E-state index in [1.165, 1.54) is 4.88 Å². The van der Waals surface area contributed by atoms with Gasteiger partial charge in [-0.1, -0.05) is 6.07 Å². The molecule has 6 heteroatoms. The van der Waals surface area contributed by atoms with Crippen LogP contribution in [0.25, 0.3) is 0 Å². The zero-order valence-electron chi connectivity index (χ0n) is 12.2. The highest BCUT2D eigenvalue weighted by molar-refractivity contribution is 7.10. The third-order valence-electron chi connectivity index (χ3n) is 4.03. The molecule has 21 heavy (non-hydrogen) atoms. The molecule has 3 atom stereocenters. The molecule has 3 heterocycles. The van der Waals surface area contributed by atoms with Gasteiger partial charge in [-0.2, -0.15) is 5.10 Å². The van der Waals surface area contributed by atoms with Crippen molar-refractivity contribution in [1.29, 1.82) is 0 Å². The molecule has 2 N–H and O–H groups in total. The molecule has 0 bridgehead atoms. The molecule has 2 aromatic heterocycles. The van der Waals surface area contributed by atoms with Gasteiger partial charge in [0.1, 0.15) is 0 Å². The molecule has 112 valence electrons. The SMILES string of the molecule is CC(NC(=O)[C@H]1CNC[C@@H]1c1cnn(C)c1)c1cccs1. The zero-order chi connectivity index (χ0) is 14.8. The molecule has 1 amide bonds. The van der Waals surface area contributed by atoms with Gasteiger partial charge in [-0.05, 0) is 23.9 Å². The molecule has 0 aliphatic carbocycles. The van der Waals surface area contributed by atoms with E-state index in [0.29, 0.717) is 0 Å². The third kappa shape index (κ3) is 3.01. The van der Waals surface area contributed by atoms with Crippen molar-refractivity contribution in [2.75, 3.05) is 13.1 Å². The van der Waals surface area contributed by atoms with Gasteiger partial charge in [0.15, 0.2) is 0 Å². The first kappa shape index (κ1) is 14.3. The summed E-state index contributed by atoms with van der Waals surface area (Å²) >= 11 is 1.67. The Balaban J connectivity index is 1.68. The van der Waals surface area contributed by atoms with Crippen LogP contribution in [0.2, 0.25) is 0 Å². The average Bonchev–Trinajstić information content (AvgIpc) is 3.19. The molecule has 2 aromatic rings. The Kier molecular flexibility index (Phi) is 4.07. The zero-order valence-corrected chi connectivity index (χ0v) is 13.1. The Morgan fingerprint density at radius 3 is 3.10 bits per heavy atom. The van der Waals surface area contributed by atoms with Crippen molar-refractivity contribution in [2.45, 2.75) is 18.9 Å². The smallest absolute Gasteiger partial charge is 0.225 e. The van der Waals surface area contributed by atoms with Gasteiger partial charge >= 0.3 is 0 Å². The minimum atomic E-state index is -0.0309. The van der Waals surface area contributed by atoms with Crippen LogP contribution < -0.4 is 10.6 Å². The van der Waals surface area contributed by atoms with Crippen molar-refractivity contribution in [3.8, 4) is 0 Å². The molecule has 0 aromatic carbocycles. The number of nitrogens with zero attached hydrogens (tertiary/aromatic N) is 2. The van der Waals surface area contributed by atoms with E-state index in [2.05, 4.69) is 21.8 Å². The fourth-order valence-electron chi connectivity index (χ4n) is 2.87. The van der Waals surface area contributed by atoms with Crippen LogP contribution in [-0.2, 0) is 11.8 Å². The molecule has 1 aliphatic heterocycles. The molecular weight excluding hydrogens is 284 g/mol. The summed E-state index contributed by atoms with van der Waals surface area (Å²) in [4.78, 5) is 13.8. The van der Waals surface area contributed by atoms with Crippen LogP contribution in [0.4, 0.5) is 0 Å². The minimum Gasteiger partial charge on any atom is -0.348 e. The van der Waals surface area contributed by atoms with Crippen LogP contribution in [0.1, 0.15) is 29.3 Å². The summed E-state index contributed by atoms with van der Waals surface area (Å²) in [5.74, 6) is 0.292. The molecule has 1 fully saturated rings. The summed E-state index contributed by atoms with van der Waals surface area (Å²) in [5.41, 5.74) is 1.13. The second-order valence-electron chi connectivity index (χ2n) is 5.56. The van der Waals surface area contributed by atoms with Crippen LogP contribution in [0.15, 0.2) is 29.9 Å². The molecule has 1 unspecified atom stereocenters. The summed E-state index contributed by atoms with van der Waals surface area (Å²) in [6, 6.07) is 4.13. The van der Waals surface area contributed by atoms with Gasteiger partial charge in [-0.3, -0.25) is 9.48 Å². The number of carbonyl (C=O) groups excluding carboxylic acids is 1. The first-order chi connectivity index (χ1) is 10.1. The van der Waals surface area contributed by atoms with Gasteiger partial charge in [0.25, 0.3) is 0 Å². The third-order valence-corrected chi connectivity index (χ3v) is 5.09. The van der Waals surface area contributed by atoms with E-state index in [4.69, 9.17) is 0 Å². The largest absolute Gasteiger partial charge is 0.348 e. The number of rotatable bonds is 4. The fraction of sp³-hybridized carbons (Fsp3) is 0.467. The van der Waals surface area contributed by atoms with E-state index < -0.39 is 0 Å². The van der Waals surface area contributed by atoms with Gasteiger partial charge in [0.05, 0.1) is 18.2 Å². The highest BCUT2D eigenvalue weighted by atomic mass is 32.1. The lowest BCUT2D eigenvalue weighted by Gasteiger charge is -2.20. The summed E-state index contributed by atoms with van der Waals surface area (Å²) in [5, 5.41) is 12.7. The van der Waals surface area contributed by atoms with E-state index in [1.807, 2.05) is 37.8 Å². The van der Waals surface area contributed by atoms with Crippen molar-refractivity contribution >= 4 is 17.2 Å². The number of amides is 1. The van der Waals surface area contributed by atoms with Crippen LogP contribution in [0.3, 0.4) is 0 Å². The highest BCUT2D eigenvalue weighted by Crippen LogP contribution is 2.29. The highest BCUT2D eigenvalue weighted by Gasteiger charge is 2.35. The minimum absolute atomic E-state index is 0.0309. The summed E-state index contributed by atoms with van der Waals surface area (Å²) in [7, 11) is 1.90. The normalized spacial score (nSPS) is 23.1. The predicted octanol–water partition coefficient (Wildman–Crippen LogP) is 1.66. The lowest BCUT2D eigenvalue weighted by atomic mass is 9.90.